The molecule has 0 spiro atoms. The minimum Gasteiger partial charge on any atom is -0.504 e. The maximum atomic E-state index is 9.41. The van der Waals surface area contributed by atoms with Gasteiger partial charge in [-0.1, -0.05) is 19.9 Å². The average molecular weight is 293 g/mol. The molecule has 0 unspecified atom stereocenters. The van der Waals surface area contributed by atoms with Gasteiger partial charge in [-0.05, 0) is 30.0 Å². The first-order valence-corrected chi connectivity index (χ1v) is 7.39. The Balaban J connectivity index is 1.83. The molecule has 0 fully saturated rings. The van der Waals surface area contributed by atoms with Crippen molar-refractivity contribution in [3.63, 3.8) is 0 Å². The van der Waals surface area contributed by atoms with Crippen LogP contribution in [0, 0.1) is 5.92 Å². The van der Waals surface area contributed by atoms with Crippen LogP contribution < -0.4 is 5.32 Å². The van der Waals surface area contributed by atoms with E-state index in [1.165, 1.54) is 17.6 Å². The van der Waals surface area contributed by atoms with Crippen molar-refractivity contribution in [2.45, 2.75) is 26.7 Å². The molecule has 1 heterocycles. The summed E-state index contributed by atoms with van der Waals surface area (Å²) in [7, 11) is 0. The number of anilines is 1. The second kappa shape index (κ2) is 6.56. The molecule has 0 radical (unpaired) electrons. The van der Waals surface area contributed by atoms with E-state index in [0.717, 1.165) is 29.4 Å². The highest BCUT2D eigenvalue weighted by Gasteiger charge is 2.06. The molecule has 0 amide bonds. The summed E-state index contributed by atoms with van der Waals surface area (Å²) in [4.78, 5) is 4.42. The van der Waals surface area contributed by atoms with Crippen molar-refractivity contribution in [3.05, 3.63) is 29.6 Å². The zero-order valence-electron chi connectivity index (χ0n) is 11.6. The molecule has 0 aliphatic heterocycles. The van der Waals surface area contributed by atoms with E-state index < -0.39 is 0 Å². The van der Waals surface area contributed by atoms with Crippen LogP contribution in [0.15, 0.2) is 18.2 Å². The predicted octanol–water partition coefficient (Wildman–Crippen LogP) is 2.80. The van der Waals surface area contributed by atoms with E-state index in [9.17, 15) is 10.2 Å². The SMILES string of the molecule is CC(C)Cc1nsc(NCCc2ccc(O)c(O)c2)n1. The first-order chi connectivity index (χ1) is 9.54. The van der Waals surface area contributed by atoms with Crippen molar-refractivity contribution >= 4 is 16.7 Å². The molecule has 2 aromatic rings. The number of hydrogen-bond acceptors (Lipinski definition) is 6. The van der Waals surface area contributed by atoms with Gasteiger partial charge >= 0.3 is 0 Å². The third-order valence-corrected chi connectivity index (χ3v) is 3.50. The molecule has 0 saturated heterocycles. The fourth-order valence-electron chi connectivity index (χ4n) is 1.81. The normalized spacial score (nSPS) is 10.9. The Morgan fingerprint density at radius 2 is 2.05 bits per heavy atom. The molecule has 2 rings (SSSR count). The summed E-state index contributed by atoms with van der Waals surface area (Å²) >= 11 is 1.37. The Labute approximate surface area is 122 Å². The first kappa shape index (κ1) is 14.6. The molecule has 1 aromatic carbocycles. The van der Waals surface area contributed by atoms with Gasteiger partial charge in [-0.2, -0.15) is 4.37 Å². The molecule has 0 atom stereocenters. The van der Waals surface area contributed by atoms with Crippen molar-refractivity contribution in [2.75, 3.05) is 11.9 Å². The minimum absolute atomic E-state index is 0.0855. The van der Waals surface area contributed by atoms with Crippen LogP contribution in [0.25, 0.3) is 0 Å². The Kier molecular flexibility index (Phi) is 4.79. The second-order valence-corrected chi connectivity index (χ2v) is 5.87. The fraction of sp³-hybridized carbons (Fsp3) is 0.429. The van der Waals surface area contributed by atoms with Crippen LogP contribution in [0.4, 0.5) is 5.13 Å². The van der Waals surface area contributed by atoms with Gasteiger partial charge in [0.15, 0.2) is 11.5 Å². The van der Waals surface area contributed by atoms with Crippen LogP contribution in [0.1, 0.15) is 25.2 Å². The van der Waals surface area contributed by atoms with Crippen LogP contribution in [0.3, 0.4) is 0 Å². The highest BCUT2D eigenvalue weighted by Crippen LogP contribution is 2.25. The summed E-state index contributed by atoms with van der Waals surface area (Å²) in [6, 6.07) is 4.86. The third-order valence-electron chi connectivity index (χ3n) is 2.79. The van der Waals surface area contributed by atoms with Gasteiger partial charge < -0.3 is 15.5 Å². The van der Waals surface area contributed by atoms with Crippen LogP contribution in [0.2, 0.25) is 0 Å². The predicted molar refractivity (Wildman–Crippen MR) is 80.4 cm³/mol. The maximum Gasteiger partial charge on any atom is 0.202 e. The van der Waals surface area contributed by atoms with Crippen molar-refractivity contribution < 1.29 is 10.2 Å². The summed E-state index contributed by atoms with van der Waals surface area (Å²) in [5.41, 5.74) is 0.958. The van der Waals surface area contributed by atoms with Crippen LogP contribution in [0.5, 0.6) is 11.5 Å². The zero-order chi connectivity index (χ0) is 14.5. The molecule has 0 aliphatic carbocycles. The number of phenols is 2. The molecule has 20 heavy (non-hydrogen) atoms. The number of benzene rings is 1. The molecule has 3 N–H and O–H groups in total. The molecule has 6 heteroatoms. The molecule has 1 aromatic heterocycles. The van der Waals surface area contributed by atoms with Gasteiger partial charge in [-0.3, -0.25) is 0 Å². The Morgan fingerprint density at radius 3 is 2.75 bits per heavy atom. The second-order valence-electron chi connectivity index (χ2n) is 5.11. The Hall–Kier alpha value is -1.82. The number of aromatic hydroxyl groups is 2. The van der Waals surface area contributed by atoms with Crippen LogP contribution in [-0.4, -0.2) is 26.1 Å². The van der Waals surface area contributed by atoms with Gasteiger partial charge in [-0.25, -0.2) is 4.98 Å². The van der Waals surface area contributed by atoms with E-state index in [1.807, 2.05) is 0 Å². The summed E-state index contributed by atoms with van der Waals surface area (Å²) in [6.45, 7) is 5.00. The van der Waals surface area contributed by atoms with Gasteiger partial charge in [0.25, 0.3) is 0 Å². The topological polar surface area (TPSA) is 78.3 Å². The number of aromatic nitrogens is 2. The lowest BCUT2D eigenvalue weighted by Gasteiger charge is -2.04. The van der Waals surface area contributed by atoms with Crippen LogP contribution in [-0.2, 0) is 12.8 Å². The number of nitrogens with one attached hydrogen (secondary N) is 1. The number of rotatable bonds is 6. The van der Waals surface area contributed by atoms with E-state index in [4.69, 9.17) is 0 Å². The molecular weight excluding hydrogens is 274 g/mol. The lowest BCUT2D eigenvalue weighted by atomic mass is 10.1. The summed E-state index contributed by atoms with van der Waals surface area (Å²) < 4.78 is 4.30. The quantitative estimate of drug-likeness (QED) is 0.714. The van der Waals surface area contributed by atoms with E-state index >= 15 is 0 Å². The molecular formula is C14H19N3O2S. The lowest BCUT2D eigenvalue weighted by molar-refractivity contribution is 0.403. The average Bonchev–Trinajstić information content (AvgIpc) is 2.80. The molecule has 0 saturated carbocycles. The van der Waals surface area contributed by atoms with E-state index in [2.05, 4.69) is 28.5 Å². The highest BCUT2D eigenvalue weighted by molar-refractivity contribution is 7.09. The van der Waals surface area contributed by atoms with E-state index in [-0.39, 0.29) is 11.5 Å². The van der Waals surface area contributed by atoms with Crippen molar-refractivity contribution in [3.8, 4) is 11.5 Å². The molecule has 5 nitrogen and oxygen atoms in total. The third kappa shape index (κ3) is 4.09. The standard InChI is InChI=1S/C14H19N3O2S/c1-9(2)7-13-16-14(20-17-13)15-6-5-10-3-4-11(18)12(19)8-10/h3-4,8-9,18-19H,5-7H2,1-2H3,(H,15,16,17). The Morgan fingerprint density at radius 1 is 1.25 bits per heavy atom. The van der Waals surface area contributed by atoms with Gasteiger partial charge in [-0.15, -0.1) is 0 Å². The van der Waals surface area contributed by atoms with Crippen molar-refractivity contribution in [2.24, 2.45) is 5.92 Å². The maximum absolute atomic E-state index is 9.41. The summed E-state index contributed by atoms with van der Waals surface area (Å²) in [6.07, 6.45) is 1.64. The molecule has 108 valence electrons. The van der Waals surface area contributed by atoms with Crippen molar-refractivity contribution in [1.82, 2.24) is 9.36 Å². The minimum atomic E-state index is -0.0934. The zero-order valence-corrected chi connectivity index (χ0v) is 12.4. The number of hydrogen-bond donors (Lipinski definition) is 3. The highest BCUT2D eigenvalue weighted by atomic mass is 32.1. The van der Waals surface area contributed by atoms with Gasteiger partial charge in [0, 0.05) is 24.5 Å². The van der Waals surface area contributed by atoms with Gasteiger partial charge in [0.2, 0.25) is 5.13 Å². The smallest absolute Gasteiger partial charge is 0.202 e. The van der Waals surface area contributed by atoms with E-state index in [0.29, 0.717) is 12.5 Å². The monoisotopic (exact) mass is 293 g/mol. The van der Waals surface area contributed by atoms with Gasteiger partial charge in [0.05, 0.1) is 0 Å². The summed E-state index contributed by atoms with van der Waals surface area (Å²) in [5.74, 6) is 1.26. The van der Waals surface area contributed by atoms with Gasteiger partial charge in [0.1, 0.15) is 5.82 Å². The summed E-state index contributed by atoms with van der Waals surface area (Å²) in [5, 5.41) is 22.7. The molecule has 0 aliphatic rings. The van der Waals surface area contributed by atoms with Crippen molar-refractivity contribution in [1.29, 1.82) is 0 Å². The van der Waals surface area contributed by atoms with Crippen LogP contribution >= 0.6 is 11.5 Å². The largest absolute Gasteiger partial charge is 0.504 e. The Bertz CT molecular complexity index is 569. The fourth-order valence-corrected chi connectivity index (χ4v) is 2.43. The molecule has 0 bridgehead atoms. The number of phenolic OH excluding ortho intramolecular Hbond substituents is 2. The first-order valence-electron chi connectivity index (χ1n) is 6.62. The lowest BCUT2D eigenvalue weighted by Crippen LogP contribution is -2.05. The number of nitrogens with zero attached hydrogens (tertiary/aromatic N) is 2. The van der Waals surface area contributed by atoms with E-state index in [1.54, 1.807) is 12.1 Å².